The Hall–Kier alpha value is -6.40. The average molecular weight is 1020 g/mol. The van der Waals surface area contributed by atoms with Crippen LogP contribution in [-0.4, -0.2) is 112 Å². The first-order valence-electron chi connectivity index (χ1n) is 23.9. The Morgan fingerprint density at radius 1 is 0.917 bits per heavy atom. The molecule has 6 rings (SSSR count). The number of aryl methyl sites for hydroxylation is 1. The van der Waals surface area contributed by atoms with Gasteiger partial charge in [0.2, 0.25) is 17.7 Å². The standard InChI is InChI=1S/C52H63F3N8O8S/c1-33-29-60(32-57-33)37-15-12-35(13-16-37)34(2)58-46(66)43-27-40(64)30-61(43)47(67)45(50(3,4)5)59-44(65)31-70-24-11-23-69-22-9-8-10-25-71-41-20-18-38(19-21-41)63-49(72)62(48(68)51(63,6)7)39-17-14-36(28-56)42(26-39)52(53,54)55/h12-21,26,29,32,34,40,43,45,64H,8-11,22-25,27,30-31H2,1-7H3,(H,58,66)(H,59,65)/t34?,40-,43+,45?/m1/s1. The summed E-state index contributed by atoms with van der Waals surface area (Å²) in [5, 5.41) is 25.6. The van der Waals surface area contributed by atoms with Crippen molar-refractivity contribution >= 4 is 52.3 Å². The van der Waals surface area contributed by atoms with Crippen LogP contribution in [-0.2, 0) is 34.8 Å². The van der Waals surface area contributed by atoms with Crippen LogP contribution in [0, 0.1) is 23.7 Å². The van der Waals surface area contributed by atoms with Crippen LogP contribution in [0.25, 0.3) is 5.69 Å². The van der Waals surface area contributed by atoms with E-state index in [4.69, 9.17) is 26.4 Å². The monoisotopic (exact) mass is 1020 g/mol. The van der Waals surface area contributed by atoms with Crippen LogP contribution in [0.15, 0.2) is 79.3 Å². The molecule has 2 aliphatic heterocycles. The molecular weight excluding hydrogens is 954 g/mol. The third-order valence-electron chi connectivity index (χ3n) is 12.5. The molecule has 2 aliphatic rings. The first kappa shape index (κ1) is 54.9. The first-order valence-corrected chi connectivity index (χ1v) is 24.3. The maximum atomic E-state index is 14.0. The fourth-order valence-corrected chi connectivity index (χ4v) is 9.09. The van der Waals surface area contributed by atoms with E-state index in [-0.39, 0.29) is 43.0 Å². The Balaban J connectivity index is 0.858. The number of likely N-dealkylation sites (tertiary alicyclic amines) is 1. The number of hydrogen-bond acceptors (Lipinski definition) is 11. The van der Waals surface area contributed by atoms with Gasteiger partial charge in [-0.1, -0.05) is 32.9 Å². The molecule has 2 fully saturated rings. The topological polar surface area (TPSA) is 192 Å². The Bertz CT molecular complexity index is 2610. The number of aromatic nitrogens is 2. The van der Waals surface area contributed by atoms with Crippen molar-refractivity contribution in [3.63, 3.8) is 0 Å². The lowest BCUT2D eigenvalue weighted by atomic mass is 9.85. The molecule has 386 valence electrons. The summed E-state index contributed by atoms with van der Waals surface area (Å²) in [5.74, 6) is -1.27. The van der Waals surface area contributed by atoms with Gasteiger partial charge in [0.15, 0.2) is 5.11 Å². The van der Waals surface area contributed by atoms with Gasteiger partial charge in [0.05, 0.1) is 53.7 Å². The van der Waals surface area contributed by atoms with Gasteiger partial charge < -0.3 is 44.3 Å². The fourth-order valence-electron chi connectivity index (χ4n) is 8.57. The molecule has 20 heteroatoms. The maximum absolute atomic E-state index is 14.0. The summed E-state index contributed by atoms with van der Waals surface area (Å²) in [5.41, 5.74) is -0.496. The molecule has 1 aromatic heterocycles. The highest BCUT2D eigenvalue weighted by molar-refractivity contribution is 7.81. The van der Waals surface area contributed by atoms with E-state index in [1.807, 2.05) is 69.6 Å². The van der Waals surface area contributed by atoms with Crippen molar-refractivity contribution in [3.05, 3.63) is 102 Å². The third kappa shape index (κ3) is 13.4. The lowest BCUT2D eigenvalue weighted by Gasteiger charge is -2.35. The zero-order chi connectivity index (χ0) is 52.5. The van der Waals surface area contributed by atoms with Crippen LogP contribution in [0.1, 0.15) is 102 Å². The fraction of sp³-hybridized carbons (Fsp3) is 0.481. The molecule has 4 amide bonds. The molecule has 72 heavy (non-hydrogen) atoms. The molecule has 3 aromatic carbocycles. The summed E-state index contributed by atoms with van der Waals surface area (Å²) in [7, 11) is 0. The largest absolute Gasteiger partial charge is 0.494 e. The number of aliphatic hydroxyl groups is 1. The van der Waals surface area contributed by atoms with Gasteiger partial charge in [0.25, 0.3) is 5.91 Å². The number of carbonyl (C=O) groups is 4. The van der Waals surface area contributed by atoms with Crippen LogP contribution in [0.4, 0.5) is 24.5 Å². The van der Waals surface area contributed by atoms with Crippen molar-refractivity contribution < 1.29 is 51.7 Å². The van der Waals surface area contributed by atoms with Crippen LogP contribution in [0.3, 0.4) is 0 Å². The van der Waals surface area contributed by atoms with E-state index < -0.39 is 70.1 Å². The van der Waals surface area contributed by atoms with E-state index in [0.717, 1.165) is 53.2 Å². The minimum atomic E-state index is -4.80. The second-order valence-electron chi connectivity index (χ2n) is 19.6. The lowest BCUT2D eigenvalue weighted by Crippen LogP contribution is -2.58. The van der Waals surface area contributed by atoms with Crippen LogP contribution < -0.4 is 25.2 Å². The van der Waals surface area contributed by atoms with Gasteiger partial charge >= 0.3 is 6.18 Å². The molecule has 0 bridgehead atoms. The van der Waals surface area contributed by atoms with E-state index in [0.29, 0.717) is 37.7 Å². The van der Waals surface area contributed by atoms with Gasteiger partial charge in [-0.3, -0.25) is 24.1 Å². The molecule has 16 nitrogen and oxygen atoms in total. The number of carbonyl (C=O) groups excluding carboxylic acids is 4. The highest BCUT2D eigenvalue weighted by Gasteiger charge is 2.51. The number of halogens is 3. The van der Waals surface area contributed by atoms with Crippen LogP contribution in [0.2, 0.25) is 0 Å². The quantitative estimate of drug-likeness (QED) is 0.0557. The van der Waals surface area contributed by atoms with Crippen molar-refractivity contribution in [2.24, 2.45) is 5.41 Å². The van der Waals surface area contributed by atoms with E-state index in [1.54, 1.807) is 55.4 Å². The molecule has 3 N–H and O–H groups in total. The molecular formula is C52H63F3N8O8S. The number of nitrogens with zero attached hydrogens (tertiary/aromatic N) is 6. The molecule has 0 radical (unpaired) electrons. The van der Waals surface area contributed by atoms with Gasteiger partial charge in [-0.15, -0.1) is 0 Å². The molecule has 4 atom stereocenters. The molecule has 0 saturated carbocycles. The Kier molecular flexibility index (Phi) is 17.9. The van der Waals surface area contributed by atoms with Gasteiger partial charge in [-0.05, 0) is 131 Å². The summed E-state index contributed by atoms with van der Waals surface area (Å²) in [4.78, 5) is 62.5. The number of anilines is 2. The van der Waals surface area contributed by atoms with Crippen LogP contribution >= 0.6 is 12.2 Å². The maximum Gasteiger partial charge on any atom is 0.417 e. The smallest absolute Gasteiger partial charge is 0.417 e. The molecule has 4 aromatic rings. The Labute approximate surface area is 423 Å². The summed E-state index contributed by atoms with van der Waals surface area (Å²) in [6.45, 7) is 13.8. The van der Waals surface area contributed by atoms with E-state index in [2.05, 4.69) is 15.6 Å². The molecule has 2 saturated heterocycles. The van der Waals surface area contributed by atoms with E-state index >= 15 is 0 Å². The number of aliphatic hydroxyl groups excluding tert-OH is 1. The minimum absolute atomic E-state index is 0.0000516. The molecule has 0 aliphatic carbocycles. The van der Waals surface area contributed by atoms with Crippen molar-refractivity contribution in [2.45, 2.75) is 117 Å². The third-order valence-corrected chi connectivity index (χ3v) is 12.9. The number of nitriles is 1. The van der Waals surface area contributed by atoms with Crippen LogP contribution in [0.5, 0.6) is 5.75 Å². The number of imidazole rings is 1. The summed E-state index contributed by atoms with van der Waals surface area (Å²) < 4.78 is 60.3. The average Bonchev–Trinajstić information content (AvgIpc) is 4.00. The van der Waals surface area contributed by atoms with Gasteiger partial charge in [0.1, 0.15) is 30.0 Å². The van der Waals surface area contributed by atoms with Crippen molar-refractivity contribution in [2.75, 3.05) is 49.4 Å². The van der Waals surface area contributed by atoms with Crippen molar-refractivity contribution in [1.29, 1.82) is 5.26 Å². The molecule has 0 spiro atoms. The predicted octanol–water partition coefficient (Wildman–Crippen LogP) is 7.33. The number of alkyl halides is 3. The second kappa shape index (κ2) is 23.4. The molecule has 3 heterocycles. The van der Waals surface area contributed by atoms with Gasteiger partial charge in [-0.25, -0.2) is 4.98 Å². The highest BCUT2D eigenvalue weighted by Crippen LogP contribution is 2.40. The number of amides is 4. The number of β-amino-alcohol motifs (C(OH)–C–C–N with tert-alkyl or cyclic N) is 1. The van der Waals surface area contributed by atoms with Gasteiger partial charge in [-0.2, -0.15) is 18.4 Å². The number of hydrogen-bond donors (Lipinski definition) is 3. The number of unbranched alkanes of at least 4 members (excludes halogenated alkanes) is 2. The second-order valence-corrected chi connectivity index (χ2v) is 20.0. The summed E-state index contributed by atoms with van der Waals surface area (Å²) in [6.07, 6.45) is 0.954. The number of benzene rings is 3. The van der Waals surface area contributed by atoms with Gasteiger partial charge in [0, 0.05) is 50.4 Å². The number of rotatable bonds is 21. The van der Waals surface area contributed by atoms with E-state index in [1.165, 1.54) is 11.0 Å². The number of ether oxygens (including phenoxy) is 3. The van der Waals surface area contributed by atoms with E-state index in [9.17, 15) is 42.7 Å². The summed E-state index contributed by atoms with van der Waals surface area (Å²) >= 11 is 5.63. The minimum Gasteiger partial charge on any atom is -0.494 e. The number of thiocarbonyl (C=S) groups is 1. The highest BCUT2D eigenvalue weighted by atomic mass is 32.1. The SMILES string of the molecule is Cc1cn(-c2ccc(C(C)NC(=O)[C@@H]3C[C@@H](O)CN3C(=O)C(NC(=O)COCCCOCCCCCOc3ccc(N4C(=S)N(c5ccc(C#N)c(C(F)(F)F)c5)C(=O)C4(C)C)cc3)C(C)(C)C)cc2)cn1. The summed E-state index contributed by atoms with van der Waals surface area (Å²) in [6, 6.07) is 16.9. The van der Waals surface area contributed by atoms with Crippen molar-refractivity contribution in [3.8, 4) is 17.5 Å². The lowest BCUT2D eigenvalue weighted by molar-refractivity contribution is -0.144. The normalized spacial score (nSPS) is 17.7. The Morgan fingerprint density at radius 2 is 1.56 bits per heavy atom. The first-order chi connectivity index (χ1) is 34.0. The predicted molar refractivity (Wildman–Crippen MR) is 267 cm³/mol. The Morgan fingerprint density at radius 3 is 2.19 bits per heavy atom. The zero-order valence-corrected chi connectivity index (χ0v) is 42.4. The molecule has 2 unspecified atom stereocenters. The zero-order valence-electron chi connectivity index (χ0n) is 41.6. The van der Waals surface area contributed by atoms with Crippen molar-refractivity contribution in [1.82, 2.24) is 25.1 Å². The number of nitrogens with one attached hydrogen (secondary N) is 2.